The molecule has 0 saturated heterocycles. The fraction of sp³-hybridized carbons (Fsp3) is 0.355. The lowest BCUT2D eigenvalue weighted by molar-refractivity contribution is -0.141. The van der Waals surface area contributed by atoms with Gasteiger partial charge >= 0.3 is 0 Å². The molecule has 0 aliphatic carbocycles. The summed E-state index contributed by atoms with van der Waals surface area (Å²) in [5.41, 5.74) is 3.63. The van der Waals surface area contributed by atoms with Gasteiger partial charge in [-0.25, -0.2) is 0 Å². The maximum absolute atomic E-state index is 13.8. The molecule has 3 rings (SSSR count). The number of nitrogens with zero attached hydrogens (tertiary/aromatic N) is 1. The van der Waals surface area contributed by atoms with Crippen LogP contribution in [0.3, 0.4) is 0 Å². The summed E-state index contributed by atoms with van der Waals surface area (Å²) in [5, 5.41) is 4.07. The SMILES string of the molecule is CCc1ccc(CCC(=O)N(Cc2ccc(Cl)cc2Cl)C(Cc2ccccc2)C(=O)NC(C)(C)C)cc1. The number of aryl methyl sites for hydroxylation is 2. The maximum Gasteiger partial charge on any atom is 0.243 e. The molecule has 0 saturated carbocycles. The van der Waals surface area contributed by atoms with Gasteiger partial charge in [0.1, 0.15) is 6.04 Å². The zero-order valence-corrected chi connectivity index (χ0v) is 23.6. The van der Waals surface area contributed by atoms with Crippen LogP contribution in [0.5, 0.6) is 0 Å². The quantitative estimate of drug-likeness (QED) is 0.300. The summed E-state index contributed by atoms with van der Waals surface area (Å²) < 4.78 is 0. The van der Waals surface area contributed by atoms with E-state index in [-0.39, 0.29) is 24.8 Å². The van der Waals surface area contributed by atoms with Gasteiger partial charge in [0.15, 0.2) is 0 Å². The highest BCUT2D eigenvalue weighted by atomic mass is 35.5. The van der Waals surface area contributed by atoms with E-state index in [9.17, 15) is 9.59 Å². The Kier molecular flexibility index (Phi) is 10.2. The van der Waals surface area contributed by atoms with Gasteiger partial charge in [0.2, 0.25) is 11.8 Å². The Morgan fingerprint density at radius 2 is 1.54 bits per heavy atom. The fourth-order valence-corrected chi connectivity index (χ4v) is 4.65. The van der Waals surface area contributed by atoms with Crippen LogP contribution in [0.25, 0.3) is 0 Å². The van der Waals surface area contributed by atoms with E-state index in [2.05, 4.69) is 36.5 Å². The van der Waals surface area contributed by atoms with Crippen molar-refractivity contribution in [2.45, 2.75) is 71.5 Å². The molecule has 6 heteroatoms. The summed E-state index contributed by atoms with van der Waals surface area (Å²) in [6, 6.07) is 22.6. The predicted octanol–water partition coefficient (Wildman–Crippen LogP) is 7.04. The first-order valence-electron chi connectivity index (χ1n) is 12.7. The Balaban J connectivity index is 1.94. The van der Waals surface area contributed by atoms with Crippen molar-refractivity contribution in [1.29, 1.82) is 0 Å². The number of rotatable bonds is 10. The van der Waals surface area contributed by atoms with Crippen molar-refractivity contribution < 1.29 is 9.59 Å². The van der Waals surface area contributed by atoms with E-state index < -0.39 is 11.6 Å². The van der Waals surface area contributed by atoms with E-state index in [1.54, 1.807) is 17.0 Å². The van der Waals surface area contributed by atoms with Gasteiger partial charge in [0, 0.05) is 35.0 Å². The molecule has 1 N–H and O–H groups in total. The lowest BCUT2D eigenvalue weighted by atomic mass is 9.99. The van der Waals surface area contributed by atoms with Crippen molar-refractivity contribution in [3.63, 3.8) is 0 Å². The summed E-state index contributed by atoms with van der Waals surface area (Å²) in [6.45, 7) is 8.14. The van der Waals surface area contributed by atoms with E-state index in [4.69, 9.17) is 23.2 Å². The number of hydrogen-bond acceptors (Lipinski definition) is 2. The second kappa shape index (κ2) is 13.1. The highest BCUT2D eigenvalue weighted by Crippen LogP contribution is 2.25. The van der Waals surface area contributed by atoms with Gasteiger partial charge in [-0.15, -0.1) is 0 Å². The van der Waals surface area contributed by atoms with E-state index in [1.165, 1.54) is 5.56 Å². The molecule has 2 amide bonds. The second-order valence-corrected chi connectivity index (χ2v) is 11.2. The third-order valence-electron chi connectivity index (χ3n) is 6.18. The molecule has 0 radical (unpaired) electrons. The lowest BCUT2D eigenvalue weighted by Gasteiger charge is -2.34. The van der Waals surface area contributed by atoms with Crippen molar-refractivity contribution in [2.24, 2.45) is 0 Å². The van der Waals surface area contributed by atoms with Crippen LogP contribution in [-0.2, 0) is 35.4 Å². The normalized spacial score (nSPS) is 12.2. The summed E-state index contributed by atoms with van der Waals surface area (Å²) in [6.07, 6.45) is 2.24. The first kappa shape index (κ1) is 28.7. The minimum absolute atomic E-state index is 0.101. The van der Waals surface area contributed by atoms with Crippen molar-refractivity contribution in [2.75, 3.05) is 0 Å². The highest BCUT2D eigenvalue weighted by Gasteiger charge is 2.32. The third-order valence-corrected chi connectivity index (χ3v) is 6.77. The van der Waals surface area contributed by atoms with Gasteiger partial charge in [-0.3, -0.25) is 9.59 Å². The van der Waals surface area contributed by atoms with Crippen molar-refractivity contribution in [1.82, 2.24) is 10.2 Å². The summed E-state index contributed by atoms with van der Waals surface area (Å²) in [5.74, 6) is -0.294. The Hall–Kier alpha value is -2.82. The Bertz CT molecular complexity index is 1190. The molecule has 1 unspecified atom stereocenters. The first-order chi connectivity index (χ1) is 17.6. The molecule has 37 heavy (non-hydrogen) atoms. The average Bonchev–Trinajstić information content (AvgIpc) is 2.85. The van der Waals surface area contributed by atoms with Gasteiger partial charge in [-0.2, -0.15) is 0 Å². The van der Waals surface area contributed by atoms with Gasteiger partial charge < -0.3 is 10.2 Å². The molecule has 0 aliphatic heterocycles. The molecule has 0 spiro atoms. The monoisotopic (exact) mass is 538 g/mol. The van der Waals surface area contributed by atoms with E-state index in [0.29, 0.717) is 22.9 Å². The topological polar surface area (TPSA) is 49.4 Å². The molecule has 3 aromatic rings. The Morgan fingerprint density at radius 3 is 2.14 bits per heavy atom. The van der Waals surface area contributed by atoms with Gasteiger partial charge in [-0.05, 0) is 68.0 Å². The van der Waals surface area contributed by atoms with E-state index in [0.717, 1.165) is 23.1 Å². The Labute approximate surface area is 231 Å². The molecule has 196 valence electrons. The van der Waals surface area contributed by atoms with Crippen LogP contribution in [0.15, 0.2) is 72.8 Å². The molecule has 1 atom stereocenters. The van der Waals surface area contributed by atoms with Crippen LogP contribution >= 0.6 is 23.2 Å². The summed E-state index contributed by atoms with van der Waals surface area (Å²) >= 11 is 12.6. The molecular weight excluding hydrogens is 503 g/mol. The second-order valence-electron chi connectivity index (χ2n) is 10.4. The Morgan fingerprint density at radius 1 is 0.892 bits per heavy atom. The molecule has 0 fully saturated rings. The zero-order chi connectivity index (χ0) is 27.0. The molecule has 0 heterocycles. The maximum atomic E-state index is 13.8. The highest BCUT2D eigenvalue weighted by molar-refractivity contribution is 6.35. The van der Waals surface area contributed by atoms with Crippen LogP contribution < -0.4 is 5.32 Å². The van der Waals surface area contributed by atoms with E-state index in [1.807, 2.05) is 57.2 Å². The number of hydrogen-bond donors (Lipinski definition) is 1. The average molecular weight is 540 g/mol. The summed E-state index contributed by atoms with van der Waals surface area (Å²) in [4.78, 5) is 29.1. The van der Waals surface area contributed by atoms with Crippen molar-refractivity contribution in [3.8, 4) is 0 Å². The summed E-state index contributed by atoms with van der Waals surface area (Å²) in [7, 11) is 0. The largest absolute Gasteiger partial charge is 0.350 e. The van der Waals surface area contributed by atoms with Crippen molar-refractivity contribution >= 4 is 35.0 Å². The number of nitrogens with one attached hydrogen (secondary N) is 1. The number of amides is 2. The number of carbonyl (C=O) groups excluding carboxylic acids is 2. The molecule has 4 nitrogen and oxygen atoms in total. The minimum atomic E-state index is -0.705. The molecular formula is C31H36Cl2N2O2. The number of carbonyl (C=O) groups is 2. The van der Waals surface area contributed by atoms with Crippen molar-refractivity contribution in [3.05, 3.63) is 105 Å². The number of benzene rings is 3. The van der Waals surface area contributed by atoms with Crippen LogP contribution in [0.4, 0.5) is 0 Å². The van der Waals surface area contributed by atoms with E-state index >= 15 is 0 Å². The zero-order valence-electron chi connectivity index (χ0n) is 22.1. The molecule has 0 aromatic heterocycles. The van der Waals surface area contributed by atoms with Crippen LogP contribution in [-0.4, -0.2) is 28.3 Å². The van der Waals surface area contributed by atoms with Crippen LogP contribution in [0.1, 0.15) is 56.4 Å². The number of halogens is 2. The predicted molar refractivity (Wildman–Crippen MR) is 153 cm³/mol. The van der Waals surface area contributed by atoms with Crippen LogP contribution in [0, 0.1) is 0 Å². The molecule has 0 bridgehead atoms. The van der Waals surface area contributed by atoms with Crippen LogP contribution in [0.2, 0.25) is 10.0 Å². The fourth-order valence-electron chi connectivity index (χ4n) is 4.18. The van der Waals surface area contributed by atoms with Gasteiger partial charge in [-0.1, -0.05) is 90.8 Å². The first-order valence-corrected chi connectivity index (χ1v) is 13.5. The minimum Gasteiger partial charge on any atom is -0.350 e. The lowest BCUT2D eigenvalue weighted by Crippen LogP contribution is -2.54. The van der Waals surface area contributed by atoms with Gasteiger partial charge in [0.05, 0.1) is 0 Å². The molecule has 0 aliphatic rings. The van der Waals surface area contributed by atoms with Gasteiger partial charge in [0.25, 0.3) is 0 Å². The smallest absolute Gasteiger partial charge is 0.243 e. The molecule has 3 aromatic carbocycles. The standard InChI is InChI=1S/C31H36Cl2N2O2/c1-5-22-11-13-23(14-12-22)15-18-29(36)35(21-25-16-17-26(32)20-27(25)33)28(30(37)34-31(2,3)4)19-24-9-7-6-8-10-24/h6-14,16-17,20,28H,5,15,18-19,21H2,1-4H3,(H,34,37). The third kappa shape index (κ3) is 8.91.